The van der Waals surface area contributed by atoms with Gasteiger partial charge in [-0.05, 0) is 38.1 Å². The number of piperidine rings is 1. The van der Waals surface area contributed by atoms with Crippen LogP contribution in [0.4, 0.5) is 5.13 Å². The van der Waals surface area contributed by atoms with E-state index in [0.29, 0.717) is 15.7 Å². The SMILES string of the molecule is O=C(Nc1nc(CN2CCCCC2)cs1)c1ccccc1Cl. The Hall–Kier alpha value is -1.43. The van der Waals surface area contributed by atoms with Gasteiger partial charge in [-0.2, -0.15) is 0 Å². The number of benzene rings is 1. The number of aromatic nitrogens is 1. The molecule has 1 amide bonds. The van der Waals surface area contributed by atoms with Crippen LogP contribution in [0.1, 0.15) is 35.3 Å². The van der Waals surface area contributed by atoms with Gasteiger partial charge in [-0.3, -0.25) is 15.0 Å². The predicted octanol–water partition coefficient (Wildman–Crippen LogP) is 4.03. The summed E-state index contributed by atoms with van der Waals surface area (Å²) < 4.78 is 0. The maximum atomic E-state index is 12.2. The van der Waals surface area contributed by atoms with Gasteiger partial charge in [0.1, 0.15) is 0 Å². The summed E-state index contributed by atoms with van der Waals surface area (Å²) in [7, 11) is 0. The summed E-state index contributed by atoms with van der Waals surface area (Å²) in [5, 5.41) is 5.90. The minimum atomic E-state index is -0.218. The summed E-state index contributed by atoms with van der Waals surface area (Å²) in [6.45, 7) is 3.14. The van der Waals surface area contributed by atoms with Crippen LogP contribution in [0.25, 0.3) is 0 Å². The first-order valence-corrected chi connectivity index (χ1v) is 8.71. The van der Waals surface area contributed by atoms with Gasteiger partial charge in [0, 0.05) is 11.9 Å². The zero-order valence-electron chi connectivity index (χ0n) is 12.2. The number of halogens is 1. The normalized spacial score (nSPS) is 15.7. The van der Waals surface area contributed by atoms with Gasteiger partial charge < -0.3 is 0 Å². The molecule has 1 aliphatic rings. The predicted molar refractivity (Wildman–Crippen MR) is 90.6 cm³/mol. The van der Waals surface area contributed by atoms with E-state index in [-0.39, 0.29) is 5.91 Å². The molecule has 1 saturated heterocycles. The Labute approximate surface area is 139 Å². The third-order valence-corrected chi connectivity index (χ3v) is 4.86. The van der Waals surface area contributed by atoms with Crippen molar-refractivity contribution in [3.05, 3.63) is 45.9 Å². The molecule has 1 fully saturated rings. The average molecular weight is 336 g/mol. The number of nitrogens with zero attached hydrogens (tertiary/aromatic N) is 2. The second kappa shape index (κ2) is 7.22. The van der Waals surface area contributed by atoms with Crippen molar-refractivity contribution in [2.75, 3.05) is 18.4 Å². The molecule has 116 valence electrons. The highest BCUT2D eigenvalue weighted by molar-refractivity contribution is 7.14. The molecule has 0 atom stereocenters. The van der Waals surface area contributed by atoms with E-state index in [9.17, 15) is 4.79 Å². The van der Waals surface area contributed by atoms with Gasteiger partial charge in [0.25, 0.3) is 5.91 Å². The molecule has 0 radical (unpaired) electrons. The minimum Gasteiger partial charge on any atom is -0.298 e. The third kappa shape index (κ3) is 3.85. The number of thiazole rings is 1. The third-order valence-electron chi connectivity index (χ3n) is 3.72. The quantitative estimate of drug-likeness (QED) is 0.917. The van der Waals surface area contributed by atoms with Gasteiger partial charge in [0.15, 0.2) is 5.13 Å². The Morgan fingerprint density at radius 3 is 2.82 bits per heavy atom. The number of rotatable bonds is 4. The van der Waals surface area contributed by atoms with Crippen molar-refractivity contribution >= 4 is 34.0 Å². The summed E-state index contributed by atoms with van der Waals surface area (Å²) in [5.41, 5.74) is 1.48. The Kier molecular flexibility index (Phi) is 5.08. The maximum absolute atomic E-state index is 12.2. The monoisotopic (exact) mass is 335 g/mol. The minimum absolute atomic E-state index is 0.218. The van der Waals surface area contributed by atoms with E-state index >= 15 is 0 Å². The van der Waals surface area contributed by atoms with Crippen LogP contribution in [0.2, 0.25) is 5.02 Å². The number of carbonyl (C=O) groups is 1. The van der Waals surface area contributed by atoms with Crippen molar-refractivity contribution < 1.29 is 4.79 Å². The number of hydrogen-bond acceptors (Lipinski definition) is 4. The summed E-state index contributed by atoms with van der Waals surface area (Å²) in [4.78, 5) is 19.1. The molecule has 1 aliphatic heterocycles. The summed E-state index contributed by atoms with van der Waals surface area (Å²) >= 11 is 7.49. The van der Waals surface area contributed by atoms with Crippen molar-refractivity contribution in [2.24, 2.45) is 0 Å². The van der Waals surface area contributed by atoms with Gasteiger partial charge in [0.2, 0.25) is 0 Å². The average Bonchev–Trinajstić information content (AvgIpc) is 2.95. The Morgan fingerprint density at radius 2 is 2.05 bits per heavy atom. The van der Waals surface area contributed by atoms with E-state index in [1.165, 1.54) is 30.6 Å². The van der Waals surface area contributed by atoms with Crippen molar-refractivity contribution in [3.8, 4) is 0 Å². The highest BCUT2D eigenvalue weighted by Crippen LogP contribution is 2.21. The topological polar surface area (TPSA) is 45.2 Å². The van der Waals surface area contributed by atoms with Crippen molar-refractivity contribution in [3.63, 3.8) is 0 Å². The molecule has 2 heterocycles. The number of hydrogen-bond donors (Lipinski definition) is 1. The molecule has 4 nitrogen and oxygen atoms in total. The highest BCUT2D eigenvalue weighted by atomic mass is 35.5. The Balaban J connectivity index is 1.61. The number of nitrogens with one attached hydrogen (secondary N) is 1. The van der Waals surface area contributed by atoms with Crippen LogP contribution in [0, 0.1) is 0 Å². The van der Waals surface area contributed by atoms with Gasteiger partial charge in [-0.25, -0.2) is 4.98 Å². The molecule has 0 spiro atoms. The molecule has 1 N–H and O–H groups in total. The van der Waals surface area contributed by atoms with E-state index in [0.717, 1.165) is 25.3 Å². The fraction of sp³-hybridized carbons (Fsp3) is 0.375. The highest BCUT2D eigenvalue weighted by Gasteiger charge is 2.14. The Morgan fingerprint density at radius 1 is 1.27 bits per heavy atom. The fourth-order valence-electron chi connectivity index (χ4n) is 2.59. The van der Waals surface area contributed by atoms with Crippen molar-refractivity contribution in [1.82, 2.24) is 9.88 Å². The van der Waals surface area contributed by atoms with Crippen LogP contribution in [-0.4, -0.2) is 28.9 Å². The lowest BCUT2D eigenvalue weighted by atomic mass is 10.1. The molecule has 0 saturated carbocycles. The summed E-state index contributed by atoms with van der Waals surface area (Å²) in [6.07, 6.45) is 3.85. The van der Waals surface area contributed by atoms with Crippen LogP contribution in [0.5, 0.6) is 0 Å². The molecule has 22 heavy (non-hydrogen) atoms. The van der Waals surface area contributed by atoms with Crippen molar-refractivity contribution in [1.29, 1.82) is 0 Å². The molecule has 1 aromatic carbocycles. The van der Waals surface area contributed by atoms with E-state index in [1.54, 1.807) is 24.3 Å². The van der Waals surface area contributed by atoms with Gasteiger partial charge in [0.05, 0.1) is 16.3 Å². The molecular weight excluding hydrogens is 318 g/mol. The maximum Gasteiger partial charge on any atom is 0.258 e. The lowest BCUT2D eigenvalue weighted by Crippen LogP contribution is -2.29. The zero-order chi connectivity index (χ0) is 15.4. The van der Waals surface area contributed by atoms with E-state index in [1.807, 2.05) is 5.38 Å². The standard InChI is InChI=1S/C16H18ClN3OS/c17-14-7-3-2-6-13(14)15(21)19-16-18-12(11-22-16)10-20-8-4-1-5-9-20/h2-3,6-7,11H,1,4-5,8-10H2,(H,18,19,21). The van der Waals surface area contributed by atoms with E-state index in [4.69, 9.17) is 11.6 Å². The van der Waals surface area contributed by atoms with Crippen LogP contribution in [-0.2, 0) is 6.54 Å². The summed E-state index contributed by atoms with van der Waals surface area (Å²) in [5.74, 6) is -0.218. The fourth-order valence-corrected chi connectivity index (χ4v) is 3.51. The first-order chi connectivity index (χ1) is 10.7. The molecule has 2 aromatic rings. The first-order valence-electron chi connectivity index (χ1n) is 7.45. The van der Waals surface area contributed by atoms with Gasteiger partial charge in [-0.1, -0.05) is 30.2 Å². The van der Waals surface area contributed by atoms with Crippen LogP contribution < -0.4 is 5.32 Å². The molecule has 0 aliphatic carbocycles. The lowest BCUT2D eigenvalue weighted by Gasteiger charge is -2.25. The van der Waals surface area contributed by atoms with Gasteiger partial charge >= 0.3 is 0 Å². The first kappa shape index (κ1) is 15.5. The van der Waals surface area contributed by atoms with Crippen LogP contribution >= 0.6 is 22.9 Å². The van der Waals surface area contributed by atoms with E-state index in [2.05, 4.69) is 15.2 Å². The lowest BCUT2D eigenvalue weighted by molar-refractivity contribution is 0.102. The second-order valence-electron chi connectivity index (χ2n) is 5.41. The van der Waals surface area contributed by atoms with Crippen LogP contribution in [0.3, 0.4) is 0 Å². The molecule has 1 aromatic heterocycles. The smallest absolute Gasteiger partial charge is 0.258 e. The van der Waals surface area contributed by atoms with Gasteiger partial charge in [-0.15, -0.1) is 11.3 Å². The van der Waals surface area contributed by atoms with E-state index < -0.39 is 0 Å². The largest absolute Gasteiger partial charge is 0.298 e. The number of amides is 1. The molecular formula is C16H18ClN3OS. The van der Waals surface area contributed by atoms with Crippen LogP contribution in [0.15, 0.2) is 29.6 Å². The molecule has 3 rings (SSSR count). The molecule has 0 bridgehead atoms. The number of likely N-dealkylation sites (tertiary alicyclic amines) is 1. The molecule has 6 heteroatoms. The van der Waals surface area contributed by atoms with Crippen molar-refractivity contribution in [2.45, 2.75) is 25.8 Å². The zero-order valence-corrected chi connectivity index (χ0v) is 13.8. The number of anilines is 1. The second-order valence-corrected chi connectivity index (χ2v) is 6.68. The number of carbonyl (C=O) groups excluding carboxylic acids is 1. The molecule has 0 unspecified atom stereocenters. The summed E-state index contributed by atoms with van der Waals surface area (Å²) in [6, 6.07) is 7.02. The Bertz CT molecular complexity index is 652.